The molecule has 0 spiro atoms. The van der Waals surface area contributed by atoms with Gasteiger partial charge in [-0.15, -0.1) is 11.3 Å². The van der Waals surface area contributed by atoms with Crippen LogP contribution in [0.2, 0.25) is 0 Å². The normalized spacial score (nSPS) is 15.7. The summed E-state index contributed by atoms with van der Waals surface area (Å²) in [5.74, 6) is 0.126. The number of amides is 1. The minimum atomic E-state index is 0.126. The highest BCUT2D eigenvalue weighted by Crippen LogP contribution is 2.22. The molecular formula is C18H25N3O2S. The molecule has 1 N–H and O–H groups in total. The number of unbranched alkanes of at least 4 members (excludes halogenated alkanes) is 1. The molecule has 3 rings (SSSR count). The standard InChI is InChI=1S/C18H25N3O2S/c22-17(19-9-3-4-10-21-11-13-23-14-12-21)7-8-18-20-15-5-1-2-6-16(15)24-18/h1-2,5-6H,3-4,7-14H2,(H,19,22). The van der Waals surface area contributed by atoms with Crippen LogP contribution in [0, 0.1) is 0 Å². The zero-order valence-corrected chi connectivity index (χ0v) is 14.8. The number of aryl methyl sites for hydroxylation is 1. The summed E-state index contributed by atoms with van der Waals surface area (Å²) >= 11 is 1.68. The van der Waals surface area contributed by atoms with Crippen molar-refractivity contribution in [2.45, 2.75) is 25.7 Å². The maximum atomic E-state index is 11.9. The van der Waals surface area contributed by atoms with E-state index < -0.39 is 0 Å². The quantitative estimate of drug-likeness (QED) is 0.745. The van der Waals surface area contributed by atoms with Gasteiger partial charge >= 0.3 is 0 Å². The first-order valence-corrected chi connectivity index (χ1v) is 9.54. The molecule has 0 bridgehead atoms. The first-order valence-electron chi connectivity index (χ1n) is 8.72. The van der Waals surface area contributed by atoms with Crippen LogP contribution in [0.4, 0.5) is 0 Å². The van der Waals surface area contributed by atoms with Crippen molar-refractivity contribution in [3.63, 3.8) is 0 Å². The van der Waals surface area contributed by atoms with Crippen molar-refractivity contribution in [3.05, 3.63) is 29.3 Å². The fraction of sp³-hybridized carbons (Fsp3) is 0.556. The summed E-state index contributed by atoms with van der Waals surface area (Å²) in [6.45, 7) is 5.64. The molecule has 0 unspecified atom stereocenters. The number of ether oxygens (including phenoxy) is 1. The number of morpholine rings is 1. The third-order valence-electron chi connectivity index (χ3n) is 4.23. The third kappa shape index (κ3) is 5.26. The zero-order chi connectivity index (χ0) is 16.6. The summed E-state index contributed by atoms with van der Waals surface area (Å²) in [6.07, 6.45) is 3.39. The number of hydrogen-bond donors (Lipinski definition) is 1. The van der Waals surface area contributed by atoms with Gasteiger partial charge in [-0.25, -0.2) is 4.98 Å². The van der Waals surface area contributed by atoms with E-state index in [0.717, 1.165) is 69.2 Å². The van der Waals surface area contributed by atoms with E-state index >= 15 is 0 Å². The maximum Gasteiger partial charge on any atom is 0.220 e. The highest BCUT2D eigenvalue weighted by atomic mass is 32.1. The van der Waals surface area contributed by atoms with Crippen molar-refractivity contribution < 1.29 is 9.53 Å². The van der Waals surface area contributed by atoms with Gasteiger partial charge in [0.15, 0.2) is 0 Å². The van der Waals surface area contributed by atoms with Gasteiger partial charge < -0.3 is 10.1 Å². The number of hydrogen-bond acceptors (Lipinski definition) is 5. The van der Waals surface area contributed by atoms with E-state index in [1.54, 1.807) is 11.3 Å². The molecular weight excluding hydrogens is 322 g/mol. The minimum absolute atomic E-state index is 0.126. The summed E-state index contributed by atoms with van der Waals surface area (Å²) in [6, 6.07) is 8.11. The molecule has 1 amide bonds. The average molecular weight is 347 g/mol. The van der Waals surface area contributed by atoms with E-state index in [4.69, 9.17) is 4.74 Å². The Morgan fingerprint density at radius 2 is 2.08 bits per heavy atom. The number of aromatic nitrogens is 1. The van der Waals surface area contributed by atoms with E-state index in [0.29, 0.717) is 6.42 Å². The second-order valence-electron chi connectivity index (χ2n) is 6.09. The Hall–Kier alpha value is -1.50. The predicted molar refractivity (Wildman–Crippen MR) is 97.4 cm³/mol. The fourth-order valence-electron chi connectivity index (χ4n) is 2.85. The van der Waals surface area contributed by atoms with Crippen LogP contribution in [0.15, 0.2) is 24.3 Å². The van der Waals surface area contributed by atoms with E-state index in [9.17, 15) is 4.79 Å². The summed E-state index contributed by atoms with van der Waals surface area (Å²) < 4.78 is 6.53. The van der Waals surface area contributed by atoms with Gasteiger partial charge in [0.05, 0.1) is 28.4 Å². The number of carbonyl (C=O) groups is 1. The maximum absolute atomic E-state index is 11.9. The molecule has 130 valence electrons. The summed E-state index contributed by atoms with van der Waals surface area (Å²) in [5.41, 5.74) is 1.03. The topological polar surface area (TPSA) is 54.5 Å². The smallest absolute Gasteiger partial charge is 0.220 e. The van der Waals surface area contributed by atoms with Crippen LogP contribution in [0.5, 0.6) is 0 Å². The molecule has 0 atom stereocenters. The minimum Gasteiger partial charge on any atom is -0.379 e. The number of fused-ring (bicyclic) bond motifs is 1. The summed E-state index contributed by atoms with van der Waals surface area (Å²) in [7, 11) is 0. The van der Waals surface area contributed by atoms with Crippen LogP contribution in [0.1, 0.15) is 24.3 Å². The number of para-hydroxylation sites is 1. The van der Waals surface area contributed by atoms with Gasteiger partial charge in [0.1, 0.15) is 0 Å². The first kappa shape index (κ1) is 17.3. The predicted octanol–water partition coefficient (Wildman–Crippen LogP) is 2.46. The molecule has 0 radical (unpaired) electrons. The molecule has 24 heavy (non-hydrogen) atoms. The lowest BCUT2D eigenvalue weighted by Gasteiger charge is -2.26. The van der Waals surface area contributed by atoms with Gasteiger partial charge in [-0.2, -0.15) is 0 Å². The second-order valence-corrected chi connectivity index (χ2v) is 7.20. The van der Waals surface area contributed by atoms with E-state index in [1.807, 2.05) is 18.2 Å². The van der Waals surface area contributed by atoms with E-state index in [2.05, 4.69) is 21.3 Å². The molecule has 1 aromatic heterocycles. The highest BCUT2D eigenvalue weighted by Gasteiger charge is 2.09. The van der Waals surface area contributed by atoms with Crippen LogP contribution < -0.4 is 5.32 Å². The number of nitrogens with zero attached hydrogens (tertiary/aromatic N) is 2. The molecule has 5 nitrogen and oxygen atoms in total. The number of carbonyl (C=O) groups excluding carboxylic acids is 1. The van der Waals surface area contributed by atoms with Crippen LogP contribution >= 0.6 is 11.3 Å². The largest absolute Gasteiger partial charge is 0.379 e. The number of nitrogens with one attached hydrogen (secondary N) is 1. The Balaban J connectivity index is 1.28. The van der Waals surface area contributed by atoms with Crippen molar-refractivity contribution in [2.24, 2.45) is 0 Å². The molecule has 2 aromatic rings. The van der Waals surface area contributed by atoms with Crippen LogP contribution in [-0.4, -0.2) is 55.2 Å². The molecule has 1 aromatic carbocycles. The molecule has 1 aliphatic rings. The van der Waals surface area contributed by atoms with Gasteiger partial charge in [0.2, 0.25) is 5.91 Å². The SMILES string of the molecule is O=C(CCc1nc2ccccc2s1)NCCCCN1CCOCC1. The van der Waals surface area contributed by atoms with Crippen molar-refractivity contribution in [3.8, 4) is 0 Å². The second kappa shape index (κ2) is 9.11. The van der Waals surface area contributed by atoms with Gasteiger partial charge in [0.25, 0.3) is 0 Å². The highest BCUT2D eigenvalue weighted by molar-refractivity contribution is 7.18. The van der Waals surface area contributed by atoms with Crippen LogP contribution in [0.25, 0.3) is 10.2 Å². The first-order chi connectivity index (χ1) is 11.8. The van der Waals surface area contributed by atoms with E-state index in [1.165, 1.54) is 4.70 Å². The summed E-state index contributed by atoms with van der Waals surface area (Å²) in [5, 5.41) is 4.06. The molecule has 0 aliphatic carbocycles. The van der Waals surface area contributed by atoms with Crippen molar-refractivity contribution >= 4 is 27.5 Å². The average Bonchev–Trinajstić information content (AvgIpc) is 3.03. The van der Waals surface area contributed by atoms with Gasteiger partial charge in [-0.3, -0.25) is 9.69 Å². The van der Waals surface area contributed by atoms with Gasteiger partial charge in [-0.1, -0.05) is 12.1 Å². The molecule has 6 heteroatoms. The van der Waals surface area contributed by atoms with Crippen molar-refractivity contribution in [1.82, 2.24) is 15.2 Å². The Bertz CT molecular complexity index is 620. The third-order valence-corrected chi connectivity index (χ3v) is 5.33. The lowest BCUT2D eigenvalue weighted by atomic mass is 10.2. The van der Waals surface area contributed by atoms with Crippen molar-refractivity contribution in [1.29, 1.82) is 0 Å². The molecule has 1 fully saturated rings. The zero-order valence-electron chi connectivity index (χ0n) is 14.0. The van der Waals surface area contributed by atoms with Gasteiger partial charge in [-0.05, 0) is 31.5 Å². The Kier molecular flexibility index (Phi) is 6.57. The van der Waals surface area contributed by atoms with E-state index in [-0.39, 0.29) is 5.91 Å². The van der Waals surface area contributed by atoms with Crippen LogP contribution in [-0.2, 0) is 16.0 Å². The Morgan fingerprint density at radius 1 is 1.25 bits per heavy atom. The molecule has 2 heterocycles. The number of benzene rings is 1. The van der Waals surface area contributed by atoms with Crippen molar-refractivity contribution in [2.75, 3.05) is 39.4 Å². The molecule has 0 saturated carbocycles. The number of thiazole rings is 1. The monoisotopic (exact) mass is 347 g/mol. The Morgan fingerprint density at radius 3 is 2.92 bits per heavy atom. The lowest BCUT2D eigenvalue weighted by Crippen LogP contribution is -2.37. The molecule has 1 aliphatic heterocycles. The lowest BCUT2D eigenvalue weighted by molar-refractivity contribution is -0.121. The molecule has 1 saturated heterocycles. The van der Waals surface area contributed by atoms with Crippen LogP contribution in [0.3, 0.4) is 0 Å². The number of rotatable bonds is 8. The summed E-state index contributed by atoms with van der Waals surface area (Å²) in [4.78, 5) is 18.9. The Labute approximate surface area is 147 Å². The fourth-order valence-corrected chi connectivity index (χ4v) is 3.82. The van der Waals surface area contributed by atoms with Gasteiger partial charge in [0, 0.05) is 32.5 Å².